The molecule has 5 rings (SSSR count). The second-order valence-corrected chi connectivity index (χ2v) is 7.94. The number of anilines is 2. The fourth-order valence-corrected chi connectivity index (χ4v) is 4.09. The van der Waals surface area contributed by atoms with Gasteiger partial charge in [-0.25, -0.2) is 13.8 Å². The van der Waals surface area contributed by atoms with Crippen molar-refractivity contribution < 1.29 is 18.3 Å². The van der Waals surface area contributed by atoms with Crippen molar-refractivity contribution in [2.24, 2.45) is 0 Å². The van der Waals surface area contributed by atoms with Crippen LogP contribution in [0.15, 0.2) is 24.3 Å². The molecule has 0 aliphatic carbocycles. The number of alkyl halides is 2. The molecule has 0 saturated carbocycles. The summed E-state index contributed by atoms with van der Waals surface area (Å²) < 4.78 is 40.5. The van der Waals surface area contributed by atoms with Gasteiger partial charge < -0.3 is 19.3 Å². The Hall–Kier alpha value is -2.92. The molecule has 0 radical (unpaired) electrons. The zero-order valence-electron chi connectivity index (χ0n) is 18.0. The highest BCUT2D eigenvalue weighted by molar-refractivity contribution is 5.77. The quantitative estimate of drug-likeness (QED) is 0.606. The number of aromatic nitrogens is 5. The van der Waals surface area contributed by atoms with Crippen LogP contribution >= 0.6 is 0 Å². The molecule has 3 aromatic rings. The van der Waals surface area contributed by atoms with Gasteiger partial charge in [-0.1, -0.05) is 12.1 Å². The molecule has 0 spiro atoms. The molecule has 2 atom stereocenters. The van der Waals surface area contributed by atoms with Gasteiger partial charge in [0.15, 0.2) is 5.82 Å². The highest BCUT2D eigenvalue weighted by Crippen LogP contribution is 2.29. The van der Waals surface area contributed by atoms with Crippen LogP contribution in [0.1, 0.15) is 26.1 Å². The summed E-state index contributed by atoms with van der Waals surface area (Å²) in [5.41, 5.74) is 0.988. The third-order valence-electron chi connectivity index (χ3n) is 6.02. The van der Waals surface area contributed by atoms with Crippen molar-refractivity contribution in [3.8, 4) is 5.95 Å². The molecule has 11 heteroatoms. The smallest absolute Gasteiger partial charge is 0.296 e. The predicted octanol–water partition coefficient (Wildman–Crippen LogP) is 2.60. The number of halogens is 2. The van der Waals surface area contributed by atoms with Crippen LogP contribution in [0.2, 0.25) is 0 Å². The molecule has 2 aliphatic rings. The van der Waals surface area contributed by atoms with Gasteiger partial charge in [0.1, 0.15) is 0 Å². The summed E-state index contributed by atoms with van der Waals surface area (Å²) in [6, 6.07) is 7.02. The van der Waals surface area contributed by atoms with Gasteiger partial charge in [0.2, 0.25) is 17.8 Å². The van der Waals surface area contributed by atoms with Crippen LogP contribution in [0, 0.1) is 0 Å². The monoisotopic (exact) mass is 445 g/mol. The number of para-hydroxylation sites is 2. The Labute approximate surface area is 184 Å². The molecule has 0 bridgehead atoms. The van der Waals surface area contributed by atoms with E-state index in [4.69, 9.17) is 14.5 Å². The number of morpholine rings is 2. The Morgan fingerprint density at radius 3 is 2.41 bits per heavy atom. The zero-order chi connectivity index (χ0) is 22.2. The molecule has 2 aromatic heterocycles. The van der Waals surface area contributed by atoms with Crippen molar-refractivity contribution in [3.05, 3.63) is 30.1 Å². The SMILES string of the molecule is C[C@@H]1OCCN(c2nc(N3CCOCC3)nc(-n3c(C(F)F)nc4ccccc43)n2)[C@H]1C. The highest BCUT2D eigenvalue weighted by atomic mass is 19.3. The number of imidazole rings is 1. The number of fused-ring (bicyclic) bond motifs is 1. The number of nitrogens with zero attached hydrogens (tertiary/aromatic N) is 7. The number of hydrogen-bond acceptors (Lipinski definition) is 8. The fourth-order valence-electron chi connectivity index (χ4n) is 4.09. The van der Waals surface area contributed by atoms with E-state index in [2.05, 4.69) is 15.0 Å². The average Bonchev–Trinajstić information content (AvgIpc) is 3.21. The molecule has 2 aliphatic heterocycles. The van der Waals surface area contributed by atoms with Crippen molar-refractivity contribution >= 4 is 22.9 Å². The molecule has 0 unspecified atom stereocenters. The number of hydrogen-bond donors (Lipinski definition) is 0. The summed E-state index contributed by atoms with van der Waals surface area (Å²) in [4.78, 5) is 22.2. The standard InChI is InChI=1S/C21H25F2N7O2/c1-13-14(2)32-12-9-29(13)20-25-19(28-7-10-31-11-8-28)26-21(27-20)30-16-6-4-3-5-15(16)24-18(30)17(22)23/h3-6,13-14,17H,7-12H2,1-2H3/t13-,14-/m0/s1. The lowest BCUT2D eigenvalue weighted by Crippen LogP contribution is -2.49. The maximum Gasteiger partial charge on any atom is 0.296 e. The topological polar surface area (TPSA) is 81.4 Å². The van der Waals surface area contributed by atoms with Gasteiger partial charge in [-0.3, -0.25) is 4.57 Å². The Morgan fingerprint density at radius 1 is 0.906 bits per heavy atom. The Bertz CT molecular complexity index is 1100. The minimum Gasteiger partial charge on any atom is -0.378 e. The van der Waals surface area contributed by atoms with E-state index in [1.165, 1.54) is 4.57 Å². The van der Waals surface area contributed by atoms with Gasteiger partial charge in [-0.15, -0.1) is 0 Å². The molecule has 2 fully saturated rings. The summed E-state index contributed by atoms with van der Waals surface area (Å²) in [6.45, 7) is 7.52. The van der Waals surface area contributed by atoms with E-state index in [9.17, 15) is 8.78 Å². The van der Waals surface area contributed by atoms with Gasteiger partial charge in [0.25, 0.3) is 6.43 Å². The molecule has 4 heterocycles. The van der Waals surface area contributed by atoms with Crippen molar-refractivity contribution in [3.63, 3.8) is 0 Å². The molecule has 1 aromatic carbocycles. The lowest BCUT2D eigenvalue weighted by molar-refractivity contribution is 0.0277. The molecular formula is C21H25F2N7O2. The second kappa shape index (κ2) is 8.55. The first kappa shape index (κ1) is 21.0. The van der Waals surface area contributed by atoms with Gasteiger partial charge in [-0.2, -0.15) is 15.0 Å². The summed E-state index contributed by atoms with van der Waals surface area (Å²) in [5.74, 6) is 0.626. The molecule has 2 saturated heterocycles. The van der Waals surface area contributed by atoms with Crippen molar-refractivity contribution in [1.82, 2.24) is 24.5 Å². The first-order valence-electron chi connectivity index (χ1n) is 10.8. The van der Waals surface area contributed by atoms with Crippen molar-refractivity contribution in [1.29, 1.82) is 0 Å². The first-order valence-corrected chi connectivity index (χ1v) is 10.8. The Kier molecular flexibility index (Phi) is 5.60. The average molecular weight is 445 g/mol. The molecule has 0 amide bonds. The van der Waals surface area contributed by atoms with E-state index in [1.54, 1.807) is 24.3 Å². The lowest BCUT2D eigenvalue weighted by Gasteiger charge is -2.38. The van der Waals surface area contributed by atoms with E-state index in [0.717, 1.165) is 0 Å². The third-order valence-corrected chi connectivity index (χ3v) is 6.02. The van der Waals surface area contributed by atoms with E-state index in [1.807, 2.05) is 23.6 Å². The summed E-state index contributed by atoms with van der Waals surface area (Å²) in [5, 5.41) is 0. The van der Waals surface area contributed by atoms with Gasteiger partial charge >= 0.3 is 0 Å². The molecular weight excluding hydrogens is 420 g/mol. The van der Waals surface area contributed by atoms with Crippen LogP contribution in [-0.2, 0) is 9.47 Å². The molecule has 170 valence electrons. The van der Waals surface area contributed by atoms with Gasteiger partial charge in [0, 0.05) is 19.6 Å². The van der Waals surface area contributed by atoms with Crippen molar-refractivity contribution in [2.75, 3.05) is 49.3 Å². The zero-order valence-corrected chi connectivity index (χ0v) is 18.0. The summed E-state index contributed by atoms with van der Waals surface area (Å²) in [7, 11) is 0. The summed E-state index contributed by atoms with van der Waals surface area (Å²) >= 11 is 0. The molecule has 0 N–H and O–H groups in total. The highest BCUT2D eigenvalue weighted by Gasteiger charge is 2.30. The minimum atomic E-state index is -2.78. The van der Waals surface area contributed by atoms with Crippen molar-refractivity contribution in [2.45, 2.75) is 32.4 Å². The van der Waals surface area contributed by atoms with Crippen LogP contribution < -0.4 is 9.80 Å². The number of rotatable bonds is 4. The third kappa shape index (κ3) is 3.75. The van der Waals surface area contributed by atoms with Crippen LogP contribution in [0.25, 0.3) is 17.0 Å². The van der Waals surface area contributed by atoms with E-state index >= 15 is 0 Å². The number of benzene rings is 1. The van der Waals surface area contributed by atoms with Gasteiger partial charge in [-0.05, 0) is 26.0 Å². The number of ether oxygens (including phenoxy) is 2. The van der Waals surface area contributed by atoms with Crippen LogP contribution in [-0.4, -0.2) is 76.1 Å². The second-order valence-electron chi connectivity index (χ2n) is 7.94. The minimum absolute atomic E-state index is 0.0125. The van der Waals surface area contributed by atoms with Crippen LogP contribution in [0.4, 0.5) is 20.7 Å². The first-order chi connectivity index (χ1) is 15.5. The van der Waals surface area contributed by atoms with E-state index in [-0.39, 0.29) is 23.9 Å². The van der Waals surface area contributed by atoms with Crippen LogP contribution in [0.3, 0.4) is 0 Å². The fraction of sp³-hybridized carbons (Fsp3) is 0.524. The van der Waals surface area contributed by atoms with E-state index < -0.39 is 6.43 Å². The predicted molar refractivity (Wildman–Crippen MR) is 115 cm³/mol. The lowest BCUT2D eigenvalue weighted by atomic mass is 10.1. The Balaban J connectivity index is 1.68. The van der Waals surface area contributed by atoms with Crippen LogP contribution in [0.5, 0.6) is 0 Å². The normalized spacial score (nSPS) is 22.2. The molecule has 9 nitrogen and oxygen atoms in total. The maximum absolute atomic E-state index is 14.0. The summed E-state index contributed by atoms with van der Waals surface area (Å²) in [6.07, 6.45) is -2.79. The Morgan fingerprint density at radius 2 is 1.62 bits per heavy atom. The molecule has 32 heavy (non-hydrogen) atoms. The van der Waals surface area contributed by atoms with E-state index in [0.29, 0.717) is 62.4 Å². The largest absolute Gasteiger partial charge is 0.378 e. The van der Waals surface area contributed by atoms with Gasteiger partial charge in [0.05, 0.1) is 43.0 Å². The maximum atomic E-state index is 14.0.